The SMILES string of the molecule is O=C(CCl)N1CCC(Oc2ncccn2)CC1. The summed E-state index contributed by atoms with van der Waals surface area (Å²) in [5.74, 6) is 0.0360. The summed E-state index contributed by atoms with van der Waals surface area (Å²) in [6.45, 7) is 1.37. The topological polar surface area (TPSA) is 55.3 Å². The first-order valence-electron chi connectivity index (χ1n) is 5.57. The van der Waals surface area contributed by atoms with Crippen molar-refractivity contribution in [2.75, 3.05) is 19.0 Å². The smallest absolute Gasteiger partial charge is 0.316 e. The number of aromatic nitrogens is 2. The number of hydrogen-bond acceptors (Lipinski definition) is 4. The minimum Gasteiger partial charge on any atom is -0.460 e. The van der Waals surface area contributed by atoms with Gasteiger partial charge in [0.1, 0.15) is 12.0 Å². The number of hydrogen-bond donors (Lipinski definition) is 0. The Kier molecular flexibility index (Phi) is 4.14. The highest BCUT2D eigenvalue weighted by molar-refractivity contribution is 6.27. The Morgan fingerprint density at radius 2 is 2.06 bits per heavy atom. The van der Waals surface area contributed by atoms with Gasteiger partial charge in [0.15, 0.2) is 0 Å². The number of halogens is 1. The number of nitrogens with zero attached hydrogens (tertiary/aromatic N) is 3. The van der Waals surface area contributed by atoms with E-state index in [0.717, 1.165) is 12.8 Å². The first-order valence-corrected chi connectivity index (χ1v) is 6.10. The number of rotatable bonds is 3. The standard InChI is InChI=1S/C11H14ClN3O2/c12-8-10(16)15-6-2-9(3-7-15)17-11-13-4-1-5-14-11/h1,4-5,9H,2-3,6-8H2. The average Bonchev–Trinajstić information content (AvgIpc) is 2.40. The van der Waals surface area contributed by atoms with E-state index in [1.807, 2.05) is 0 Å². The molecular weight excluding hydrogens is 242 g/mol. The van der Waals surface area contributed by atoms with Crippen LogP contribution in [0.15, 0.2) is 18.5 Å². The second-order valence-corrected chi connectivity index (χ2v) is 4.13. The van der Waals surface area contributed by atoms with Crippen molar-refractivity contribution < 1.29 is 9.53 Å². The molecule has 0 aliphatic carbocycles. The Hall–Kier alpha value is -1.36. The predicted molar refractivity (Wildman–Crippen MR) is 63.0 cm³/mol. The molecular formula is C11H14ClN3O2. The zero-order valence-corrected chi connectivity index (χ0v) is 10.1. The maximum atomic E-state index is 11.4. The number of alkyl halides is 1. The first-order chi connectivity index (χ1) is 8.29. The summed E-state index contributed by atoms with van der Waals surface area (Å²) in [5, 5.41) is 0. The first kappa shape index (κ1) is 12.1. The molecule has 1 aliphatic rings. The van der Waals surface area contributed by atoms with E-state index in [4.69, 9.17) is 16.3 Å². The molecule has 1 aromatic heterocycles. The Morgan fingerprint density at radius 1 is 1.41 bits per heavy atom. The van der Waals surface area contributed by atoms with Crippen molar-refractivity contribution in [1.29, 1.82) is 0 Å². The third kappa shape index (κ3) is 3.30. The Bertz CT molecular complexity index is 366. The van der Waals surface area contributed by atoms with Crippen molar-refractivity contribution in [2.45, 2.75) is 18.9 Å². The number of piperidine rings is 1. The van der Waals surface area contributed by atoms with Crippen LogP contribution in [0.5, 0.6) is 6.01 Å². The summed E-state index contributed by atoms with van der Waals surface area (Å²) in [7, 11) is 0. The van der Waals surface area contributed by atoms with Crippen molar-refractivity contribution in [2.24, 2.45) is 0 Å². The summed E-state index contributed by atoms with van der Waals surface area (Å²) < 4.78 is 5.62. The molecule has 0 spiro atoms. The predicted octanol–water partition coefficient (Wildman–Crippen LogP) is 1.09. The zero-order chi connectivity index (χ0) is 12.1. The molecule has 92 valence electrons. The molecule has 0 aromatic carbocycles. The van der Waals surface area contributed by atoms with Gasteiger partial charge in [-0.25, -0.2) is 9.97 Å². The molecule has 0 radical (unpaired) electrons. The Morgan fingerprint density at radius 3 is 2.65 bits per heavy atom. The Labute approximate surface area is 105 Å². The second-order valence-electron chi connectivity index (χ2n) is 3.86. The highest BCUT2D eigenvalue weighted by Gasteiger charge is 2.23. The summed E-state index contributed by atoms with van der Waals surface area (Å²) in [5.41, 5.74) is 0. The minimum atomic E-state index is -0.0129. The van der Waals surface area contributed by atoms with E-state index in [0.29, 0.717) is 19.1 Å². The lowest BCUT2D eigenvalue weighted by Crippen LogP contribution is -2.42. The van der Waals surface area contributed by atoms with E-state index in [1.54, 1.807) is 23.4 Å². The molecule has 2 rings (SSSR count). The fourth-order valence-electron chi connectivity index (χ4n) is 1.80. The van der Waals surface area contributed by atoms with Gasteiger partial charge in [0, 0.05) is 38.3 Å². The van der Waals surface area contributed by atoms with E-state index in [2.05, 4.69) is 9.97 Å². The van der Waals surface area contributed by atoms with Gasteiger partial charge in [-0.15, -0.1) is 11.6 Å². The van der Waals surface area contributed by atoms with E-state index in [-0.39, 0.29) is 17.9 Å². The highest BCUT2D eigenvalue weighted by Crippen LogP contribution is 2.15. The van der Waals surface area contributed by atoms with Crippen LogP contribution < -0.4 is 4.74 Å². The molecule has 0 N–H and O–H groups in total. The maximum absolute atomic E-state index is 11.4. The van der Waals surface area contributed by atoms with Gasteiger partial charge >= 0.3 is 6.01 Å². The number of carbonyl (C=O) groups is 1. The fourth-order valence-corrected chi connectivity index (χ4v) is 1.97. The summed E-state index contributed by atoms with van der Waals surface area (Å²) in [6.07, 6.45) is 4.96. The van der Waals surface area contributed by atoms with Gasteiger partial charge in [0.05, 0.1) is 0 Å². The van der Waals surface area contributed by atoms with Crippen LogP contribution in [0.1, 0.15) is 12.8 Å². The molecule has 1 aromatic rings. The van der Waals surface area contributed by atoms with E-state index in [1.165, 1.54) is 0 Å². The van der Waals surface area contributed by atoms with Crippen molar-refractivity contribution in [3.05, 3.63) is 18.5 Å². The third-order valence-electron chi connectivity index (χ3n) is 2.72. The van der Waals surface area contributed by atoms with Gasteiger partial charge in [0.2, 0.25) is 5.91 Å². The van der Waals surface area contributed by atoms with E-state index < -0.39 is 0 Å². The lowest BCUT2D eigenvalue weighted by molar-refractivity contribution is -0.130. The summed E-state index contributed by atoms with van der Waals surface area (Å²) >= 11 is 5.51. The van der Waals surface area contributed by atoms with Crippen molar-refractivity contribution in [1.82, 2.24) is 14.9 Å². The highest BCUT2D eigenvalue weighted by atomic mass is 35.5. The zero-order valence-electron chi connectivity index (χ0n) is 9.38. The lowest BCUT2D eigenvalue weighted by atomic mass is 10.1. The van der Waals surface area contributed by atoms with E-state index >= 15 is 0 Å². The molecule has 1 amide bonds. The summed E-state index contributed by atoms with van der Waals surface area (Å²) in [6, 6.07) is 2.14. The lowest BCUT2D eigenvalue weighted by Gasteiger charge is -2.31. The van der Waals surface area contributed by atoms with Crippen molar-refractivity contribution in [3.63, 3.8) is 0 Å². The van der Waals surface area contributed by atoms with Crippen LogP contribution in [0.25, 0.3) is 0 Å². The third-order valence-corrected chi connectivity index (χ3v) is 2.95. The molecule has 0 saturated carbocycles. The number of amides is 1. The molecule has 5 nitrogen and oxygen atoms in total. The Balaban J connectivity index is 1.82. The number of likely N-dealkylation sites (tertiary alicyclic amines) is 1. The largest absolute Gasteiger partial charge is 0.460 e. The second kappa shape index (κ2) is 5.82. The van der Waals surface area contributed by atoms with Crippen molar-refractivity contribution >= 4 is 17.5 Å². The van der Waals surface area contributed by atoms with Crippen LogP contribution in [0, 0.1) is 0 Å². The molecule has 6 heteroatoms. The van der Waals surface area contributed by atoms with Gasteiger partial charge in [-0.05, 0) is 6.07 Å². The minimum absolute atomic E-state index is 0.0129. The molecule has 1 fully saturated rings. The number of carbonyl (C=O) groups excluding carboxylic acids is 1. The van der Waals surface area contributed by atoms with Gasteiger partial charge in [-0.3, -0.25) is 4.79 Å². The fraction of sp³-hybridized carbons (Fsp3) is 0.545. The molecule has 0 atom stereocenters. The van der Waals surface area contributed by atoms with Crippen LogP contribution in [-0.2, 0) is 4.79 Å². The number of ether oxygens (including phenoxy) is 1. The maximum Gasteiger partial charge on any atom is 0.316 e. The molecule has 2 heterocycles. The van der Waals surface area contributed by atoms with Crippen LogP contribution in [0.4, 0.5) is 0 Å². The van der Waals surface area contributed by atoms with Crippen LogP contribution in [-0.4, -0.2) is 45.8 Å². The van der Waals surface area contributed by atoms with Gasteiger partial charge < -0.3 is 9.64 Å². The molecule has 17 heavy (non-hydrogen) atoms. The van der Waals surface area contributed by atoms with Crippen molar-refractivity contribution in [3.8, 4) is 6.01 Å². The average molecular weight is 256 g/mol. The summed E-state index contributed by atoms with van der Waals surface area (Å²) in [4.78, 5) is 21.1. The molecule has 0 unspecified atom stereocenters. The van der Waals surface area contributed by atoms with Gasteiger partial charge in [-0.2, -0.15) is 0 Å². The quantitative estimate of drug-likeness (QED) is 0.759. The van der Waals surface area contributed by atoms with Crippen LogP contribution in [0.2, 0.25) is 0 Å². The molecule has 0 bridgehead atoms. The van der Waals surface area contributed by atoms with Gasteiger partial charge in [0.25, 0.3) is 0 Å². The monoisotopic (exact) mass is 255 g/mol. The van der Waals surface area contributed by atoms with Crippen LogP contribution in [0.3, 0.4) is 0 Å². The van der Waals surface area contributed by atoms with Crippen LogP contribution >= 0.6 is 11.6 Å². The molecule has 1 aliphatic heterocycles. The van der Waals surface area contributed by atoms with E-state index in [9.17, 15) is 4.79 Å². The van der Waals surface area contributed by atoms with Gasteiger partial charge in [-0.1, -0.05) is 0 Å². The normalized spacial score (nSPS) is 16.9. The molecule has 1 saturated heterocycles.